The number of nitrogens with one attached hydrogen (secondary N) is 1. The largest absolute Gasteiger partial charge is 0.381 e. The molecule has 0 aliphatic rings. The van der Waals surface area contributed by atoms with Gasteiger partial charge in [0.15, 0.2) is 0 Å². The Bertz CT molecular complexity index is 552. The molecule has 0 aromatic carbocycles. The summed E-state index contributed by atoms with van der Waals surface area (Å²) in [4.78, 5) is 18.0. The minimum Gasteiger partial charge on any atom is -0.370 e. The Balaban J connectivity index is 2.19. The lowest BCUT2D eigenvalue weighted by Crippen LogP contribution is -2.06. The van der Waals surface area contributed by atoms with Crippen LogP contribution in [0.5, 0.6) is 0 Å². The predicted octanol–water partition coefficient (Wildman–Crippen LogP) is 1.67. The molecule has 0 saturated carbocycles. The summed E-state index contributed by atoms with van der Waals surface area (Å²) >= 11 is 0. The van der Waals surface area contributed by atoms with E-state index in [1.165, 1.54) is 12.5 Å². The Morgan fingerprint density at radius 2 is 2.33 bits per heavy atom. The minimum atomic E-state index is -0.509. The zero-order valence-corrected chi connectivity index (χ0v) is 9.91. The third kappa shape index (κ3) is 2.62. The van der Waals surface area contributed by atoms with Crippen LogP contribution in [0.4, 0.5) is 11.6 Å². The van der Waals surface area contributed by atoms with Gasteiger partial charge in [0, 0.05) is 18.3 Å². The number of anilines is 1. The zero-order chi connectivity index (χ0) is 13.0. The van der Waals surface area contributed by atoms with Crippen molar-refractivity contribution in [1.82, 2.24) is 14.5 Å². The maximum atomic E-state index is 10.5. The highest BCUT2D eigenvalue weighted by Gasteiger charge is 2.11. The van der Waals surface area contributed by atoms with Gasteiger partial charge in [-0.25, -0.2) is 4.98 Å². The van der Waals surface area contributed by atoms with Gasteiger partial charge in [0.25, 0.3) is 0 Å². The molecule has 0 bridgehead atoms. The van der Waals surface area contributed by atoms with Crippen molar-refractivity contribution in [3.8, 4) is 0 Å². The highest BCUT2D eigenvalue weighted by molar-refractivity contribution is 5.43. The molecular weight excluding hydrogens is 234 g/mol. The molecule has 0 aliphatic carbocycles. The number of hydrogen-bond donors (Lipinski definition) is 1. The lowest BCUT2D eigenvalue weighted by atomic mass is 10.2. The van der Waals surface area contributed by atoms with E-state index in [0.717, 1.165) is 17.9 Å². The van der Waals surface area contributed by atoms with Crippen LogP contribution in [0, 0.1) is 10.1 Å². The smallest absolute Gasteiger partial charge is 0.370 e. The van der Waals surface area contributed by atoms with E-state index in [9.17, 15) is 10.1 Å². The Labute approximate surface area is 104 Å². The van der Waals surface area contributed by atoms with Gasteiger partial charge >= 0.3 is 5.82 Å². The van der Waals surface area contributed by atoms with Crippen LogP contribution in [0.25, 0.3) is 0 Å². The number of pyridine rings is 1. The van der Waals surface area contributed by atoms with Crippen molar-refractivity contribution in [2.45, 2.75) is 13.5 Å². The Morgan fingerprint density at radius 3 is 3.00 bits per heavy atom. The standard InChI is InChI=1S/C11H13N5O2/c1-2-12-11-9(4-3-5-13-11)6-15-7-10(14-8-15)16(17)18/h3-5,7-8H,2,6H2,1H3,(H,12,13). The third-order valence-electron chi connectivity index (χ3n) is 2.40. The molecule has 7 heteroatoms. The summed E-state index contributed by atoms with van der Waals surface area (Å²) in [5.74, 6) is 0.639. The second-order valence-corrected chi connectivity index (χ2v) is 3.70. The molecule has 2 aromatic heterocycles. The molecule has 0 fully saturated rings. The summed E-state index contributed by atoms with van der Waals surface area (Å²) in [5, 5.41) is 13.7. The summed E-state index contributed by atoms with van der Waals surface area (Å²) in [6, 6.07) is 3.76. The molecule has 2 aromatic rings. The van der Waals surface area contributed by atoms with Gasteiger partial charge in [-0.2, -0.15) is 0 Å². The zero-order valence-electron chi connectivity index (χ0n) is 9.91. The summed E-state index contributed by atoms with van der Waals surface area (Å²) in [7, 11) is 0. The quantitative estimate of drug-likeness (QED) is 0.641. The van der Waals surface area contributed by atoms with Crippen LogP contribution >= 0.6 is 0 Å². The van der Waals surface area contributed by atoms with Crippen LogP contribution in [-0.2, 0) is 6.54 Å². The van der Waals surface area contributed by atoms with Crippen LogP contribution in [0.1, 0.15) is 12.5 Å². The monoisotopic (exact) mass is 247 g/mol. The van der Waals surface area contributed by atoms with Crippen LogP contribution < -0.4 is 5.32 Å². The highest BCUT2D eigenvalue weighted by atomic mass is 16.6. The fourth-order valence-corrected chi connectivity index (χ4v) is 1.62. The van der Waals surface area contributed by atoms with E-state index < -0.39 is 4.92 Å². The molecular formula is C11H13N5O2. The Hall–Kier alpha value is -2.44. The number of nitro groups is 1. The molecule has 0 unspecified atom stereocenters. The van der Waals surface area contributed by atoms with Gasteiger partial charge in [-0.1, -0.05) is 6.07 Å². The molecule has 0 atom stereocenters. The lowest BCUT2D eigenvalue weighted by Gasteiger charge is -2.08. The minimum absolute atomic E-state index is 0.149. The summed E-state index contributed by atoms with van der Waals surface area (Å²) in [6.07, 6.45) is 4.56. The van der Waals surface area contributed by atoms with Crippen molar-refractivity contribution in [2.75, 3.05) is 11.9 Å². The molecule has 0 aliphatic heterocycles. The second-order valence-electron chi connectivity index (χ2n) is 3.70. The number of nitrogens with zero attached hydrogens (tertiary/aromatic N) is 4. The average Bonchev–Trinajstić information content (AvgIpc) is 2.81. The van der Waals surface area contributed by atoms with Gasteiger partial charge in [0.2, 0.25) is 6.33 Å². The normalized spacial score (nSPS) is 10.3. The van der Waals surface area contributed by atoms with E-state index >= 15 is 0 Å². The molecule has 0 radical (unpaired) electrons. The number of rotatable bonds is 5. The first-order valence-corrected chi connectivity index (χ1v) is 5.54. The Morgan fingerprint density at radius 1 is 1.50 bits per heavy atom. The van der Waals surface area contributed by atoms with E-state index in [0.29, 0.717) is 6.54 Å². The van der Waals surface area contributed by atoms with Crippen molar-refractivity contribution < 1.29 is 4.92 Å². The van der Waals surface area contributed by atoms with Crippen molar-refractivity contribution in [2.24, 2.45) is 0 Å². The molecule has 2 rings (SSSR count). The first-order chi connectivity index (χ1) is 8.70. The third-order valence-corrected chi connectivity index (χ3v) is 2.40. The van der Waals surface area contributed by atoms with E-state index in [4.69, 9.17) is 0 Å². The maximum Gasteiger partial charge on any atom is 0.381 e. The van der Waals surface area contributed by atoms with Crippen molar-refractivity contribution in [3.63, 3.8) is 0 Å². The molecule has 1 N–H and O–H groups in total. The van der Waals surface area contributed by atoms with Crippen LogP contribution in [0.2, 0.25) is 0 Å². The lowest BCUT2D eigenvalue weighted by molar-refractivity contribution is -0.389. The van der Waals surface area contributed by atoms with Crippen LogP contribution in [0.3, 0.4) is 0 Å². The predicted molar refractivity (Wildman–Crippen MR) is 66.4 cm³/mol. The van der Waals surface area contributed by atoms with Gasteiger partial charge in [-0.15, -0.1) is 0 Å². The van der Waals surface area contributed by atoms with E-state index in [1.807, 2.05) is 19.1 Å². The number of aromatic nitrogens is 3. The number of imidazole rings is 1. The van der Waals surface area contributed by atoms with Gasteiger partial charge in [0.1, 0.15) is 12.0 Å². The summed E-state index contributed by atoms with van der Waals surface area (Å²) in [6.45, 7) is 3.26. The Kier molecular flexibility index (Phi) is 3.52. The van der Waals surface area contributed by atoms with Crippen LogP contribution in [0.15, 0.2) is 30.9 Å². The first kappa shape index (κ1) is 12.0. The molecule has 0 amide bonds. The van der Waals surface area contributed by atoms with Crippen molar-refractivity contribution >= 4 is 11.6 Å². The SMILES string of the molecule is CCNc1ncccc1Cn1cnc([N+](=O)[O-])c1. The van der Waals surface area contributed by atoms with E-state index in [2.05, 4.69) is 15.3 Å². The molecule has 0 saturated heterocycles. The van der Waals surface area contributed by atoms with E-state index in [1.54, 1.807) is 10.8 Å². The second kappa shape index (κ2) is 5.26. The van der Waals surface area contributed by atoms with Gasteiger partial charge < -0.3 is 20.0 Å². The van der Waals surface area contributed by atoms with Gasteiger partial charge in [-0.05, 0) is 22.9 Å². The molecule has 18 heavy (non-hydrogen) atoms. The van der Waals surface area contributed by atoms with E-state index in [-0.39, 0.29) is 5.82 Å². The topological polar surface area (TPSA) is 85.9 Å². The number of hydrogen-bond acceptors (Lipinski definition) is 5. The molecule has 0 spiro atoms. The van der Waals surface area contributed by atoms with Crippen molar-refractivity contribution in [3.05, 3.63) is 46.5 Å². The maximum absolute atomic E-state index is 10.5. The van der Waals surface area contributed by atoms with Crippen molar-refractivity contribution in [1.29, 1.82) is 0 Å². The highest BCUT2D eigenvalue weighted by Crippen LogP contribution is 2.14. The summed E-state index contributed by atoms with van der Waals surface area (Å²) in [5.41, 5.74) is 0.964. The molecule has 2 heterocycles. The molecule has 94 valence electrons. The van der Waals surface area contributed by atoms with Crippen LogP contribution in [-0.4, -0.2) is 26.0 Å². The van der Waals surface area contributed by atoms with Gasteiger partial charge in [0.05, 0.1) is 6.54 Å². The fourth-order valence-electron chi connectivity index (χ4n) is 1.62. The summed E-state index contributed by atoms with van der Waals surface area (Å²) < 4.78 is 1.66. The average molecular weight is 247 g/mol. The first-order valence-electron chi connectivity index (χ1n) is 5.54. The molecule has 7 nitrogen and oxygen atoms in total. The fraction of sp³-hybridized carbons (Fsp3) is 0.273. The van der Waals surface area contributed by atoms with Gasteiger partial charge in [-0.3, -0.25) is 0 Å².